The van der Waals surface area contributed by atoms with Crippen molar-refractivity contribution in [1.29, 1.82) is 0 Å². The summed E-state index contributed by atoms with van der Waals surface area (Å²) in [4.78, 5) is 21.8. The van der Waals surface area contributed by atoms with E-state index in [0.717, 1.165) is 0 Å². The fourth-order valence-electron chi connectivity index (χ4n) is 1.52. The Labute approximate surface area is 98.4 Å². The van der Waals surface area contributed by atoms with Crippen LogP contribution in [0.25, 0.3) is 0 Å². The maximum Gasteiger partial charge on any atom is 0.273 e. The number of carbonyl (C=O) groups is 1. The predicted octanol–water partition coefficient (Wildman–Crippen LogP) is 3.33. The van der Waals surface area contributed by atoms with Crippen LogP contribution in [0, 0.1) is 10.1 Å². The van der Waals surface area contributed by atoms with E-state index < -0.39 is 10.8 Å². The topological polar surface area (TPSA) is 60.2 Å². The molecule has 86 valence electrons. The number of halogens is 1. The number of hydrogen-bond acceptors (Lipinski definition) is 3. The first-order valence-corrected chi connectivity index (χ1v) is 5.31. The molecule has 0 saturated heterocycles. The van der Waals surface area contributed by atoms with Gasteiger partial charge in [-0.2, -0.15) is 0 Å². The van der Waals surface area contributed by atoms with Gasteiger partial charge in [-0.05, 0) is 12.1 Å². The molecule has 0 heterocycles. The third kappa shape index (κ3) is 2.58. The molecular weight excluding hydrogens is 230 g/mol. The summed E-state index contributed by atoms with van der Waals surface area (Å²) in [5.41, 5.74) is 0.322. The van der Waals surface area contributed by atoms with E-state index in [1.165, 1.54) is 18.2 Å². The molecule has 0 radical (unpaired) electrons. The second kappa shape index (κ2) is 5.07. The average Bonchev–Trinajstić information content (AvgIpc) is 2.26. The van der Waals surface area contributed by atoms with Gasteiger partial charge in [0.15, 0.2) is 0 Å². The van der Waals surface area contributed by atoms with Gasteiger partial charge in [-0.3, -0.25) is 14.9 Å². The molecule has 4 nitrogen and oxygen atoms in total. The first-order chi connectivity index (χ1) is 7.47. The Bertz CT molecular complexity index is 431. The van der Waals surface area contributed by atoms with Crippen molar-refractivity contribution in [2.75, 3.05) is 0 Å². The Hall–Kier alpha value is -1.42. The lowest BCUT2D eigenvalue weighted by molar-refractivity contribution is -0.385. The highest BCUT2D eigenvalue weighted by Gasteiger charge is 2.23. The third-order valence-electron chi connectivity index (χ3n) is 2.48. The van der Waals surface area contributed by atoms with Gasteiger partial charge in [0.2, 0.25) is 0 Å². The molecule has 0 spiro atoms. The molecule has 1 aromatic carbocycles. The van der Waals surface area contributed by atoms with Gasteiger partial charge in [0.25, 0.3) is 5.69 Å². The maximum atomic E-state index is 11.5. The quantitative estimate of drug-likeness (QED) is 0.600. The van der Waals surface area contributed by atoms with E-state index in [-0.39, 0.29) is 11.5 Å². The van der Waals surface area contributed by atoms with E-state index >= 15 is 0 Å². The number of nitro groups is 1. The van der Waals surface area contributed by atoms with Crippen LogP contribution in [0.2, 0.25) is 5.02 Å². The molecule has 0 aliphatic carbocycles. The molecule has 5 heteroatoms. The maximum absolute atomic E-state index is 11.5. The van der Waals surface area contributed by atoms with Gasteiger partial charge < -0.3 is 0 Å². The van der Waals surface area contributed by atoms with Crippen LogP contribution in [0.15, 0.2) is 18.2 Å². The SMILES string of the molecule is CCC(=O)C(C)c1cc(Cl)ccc1[N+](=O)[O-]. The Morgan fingerprint density at radius 3 is 2.69 bits per heavy atom. The standard InChI is InChI=1S/C11H12ClNO3/c1-3-11(14)7(2)9-6-8(12)4-5-10(9)13(15)16/h4-7H,3H2,1-2H3. The van der Waals surface area contributed by atoms with Crippen molar-refractivity contribution in [2.45, 2.75) is 26.2 Å². The minimum atomic E-state index is -0.496. The van der Waals surface area contributed by atoms with Gasteiger partial charge in [0, 0.05) is 29.0 Å². The number of benzene rings is 1. The lowest BCUT2D eigenvalue weighted by Gasteiger charge is -2.10. The highest BCUT2D eigenvalue weighted by Crippen LogP contribution is 2.30. The van der Waals surface area contributed by atoms with Gasteiger partial charge in [0.1, 0.15) is 5.78 Å². The zero-order valence-corrected chi connectivity index (χ0v) is 9.82. The lowest BCUT2D eigenvalue weighted by atomic mass is 9.94. The van der Waals surface area contributed by atoms with Crippen molar-refractivity contribution >= 4 is 23.1 Å². The number of hydrogen-bond donors (Lipinski definition) is 0. The van der Waals surface area contributed by atoms with Gasteiger partial charge in [-0.25, -0.2) is 0 Å². The monoisotopic (exact) mass is 241 g/mol. The molecule has 0 aromatic heterocycles. The van der Waals surface area contributed by atoms with E-state index in [2.05, 4.69) is 0 Å². The van der Waals surface area contributed by atoms with Crippen molar-refractivity contribution < 1.29 is 9.72 Å². The number of carbonyl (C=O) groups excluding carboxylic acids is 1. The van der Waals surface area contributed by atoms with Gasteiger partial charge in [-0.1, -0.05) is 25.4 Å². The zero-order chi connectivity index (χ0) is 12.3. The van der Waals surface area contributed by atoms with E-state index in [1.807, 2.05) is 0 Å². The van der Waals surface area contributed by atoms with Crippen LogP contribution in [0.5, 0.6) is 0 Å². The molecular formula is C11H12ClNO3. The highest BCUT2D eigenvalue weighted by molar-refractivity contribution is 6.30. The molecule has 0 aliphatic rings. The van der Waals surface area contributed by atoms with Crippen LogP contribution in [-0.2, 0) is 4.79 Å². The molecule has 0 amide bonds. The third-order valence-corrected chi connectivity index (χ3v) is 2.72. The molecule has 1 atom stereocenters. The highest BCUT2D eigenvalue weighted by atomic mass is 35.5. The number of nitrogens with zero attached hydrogens (tertiary/aromatic N) is 1. The van der Waals surface area contributed by atoms with Crippen molar-refractivity contribution in [3.8, 4) is 0 Å². The number of ketones is 1. The van der Waals surface area contributed by atoms with Crippen molar-refractivity contribution in [2.24, 2.45) is 0 Å². The van der Waals surface area contributed by atoms with Gasteiger partial charge in [0.05, 0.1) is 4.92 Å². The Morgan fingerprint density at radius 1 is 1.56 bits per heavy atom. The van der Waals surface area contributed by atoms with Gasteiger partial charge >= 0.3 is 0 Å². The van der Waals surface area contributed by atoms with Crippen molar-refractivity contribution in [3.05, 3.63) is 38.9 Å². The Morgan fingerprint density at radius 2 is 2.19 bits per heavy atom. The minimum absolute atomic E-state index is 0.0367. The molecule has 1 aromatic rings. The first kappa shape index (κ1) is 12.6. The van der Waals surface area contributed by atoms with Crippen LogP contribution in [-0.4, -0.2) is 10.7 Å². The fourth-order valence-corrected chi connectivity index (χ4v) is 1.70. The Balaban J connectivity index is 3.24. The van der Waals surface area contributed by atoms with Crippen molar-refractivity contribution in [3.63, 3.8) is 0 Å². The lowest BCUT2D eigenvalue weighted by Crippen LogP contribution is -2.09. The average molecular weight is 242 g/mol. The van der Waals surface area contributed by atoms with Crippen molar-refractivity contribution in [1.82, 2.24) is 0 Å². The van der Waals surface area contributed by atoms with E-state index in [1.54, 1.807) is 13.8 Å². The van der Waals surface area contributed by atoms with Crippen LogP contribution in [0.1, 0.15) is 31.7 Å². The second-order valence-electron chi connectivity index (χ2n) is 3.50. The summed E-state index contributed by atoms with van der Waals surface area (Å²) in [7, 11) is 0. The summed E-state index contributed by atoms with van der Waals surface area (Å²) < 4.78 is 0. The summed E-state index contributed by atoms with van der Waals surface area (Å²) in [6.07, 6.45) is 0.352. The second-order valence-corrected chi connectivity index (χ2v) is 3.94. The van der Waals surface area contributed by atoms with Gasteiger partial charge in [-0.15, -0.1) is 0 Å². The Kier molecular flexibility index (Phi) is 4.01. The summed E-state index contributed by atoms with van der Waals surface area (Å²) in [5, 5.41) is 11.2. The van der Waals surface area contributed by atoms with Crippen LogP contribution in [0.3, 0.4) is 0 Å². The smallest absolute Gasteiger partial charge is 0.273 e. The number of Topliss-reactive ketones (excluding diaryl/α,β-unsaturated/α-hetero) is 1. The molecule has 0 bridgehead atoms. The van der Waals surface area contributed by atoms with E-state index in [0.29, 0.717) is 17.0 Å². The molecule has 0 fully saturated rings. The molecule has 0 saturated carbocycles. The summed E-state index contributed by atoms with van der Waals surface area (Å²) in [6, 6.07) is 4.27. The fraction of sp³-hybridized carbons (Fsp3) is 0.364. The minimum Gasteiger partial charge on any atom is -0.299 e. The molecule has 0 N–H and O–H groups in total. The van der Waals surface area contributed by atoms with Crippen LogP contribution < -0.4 is 0 Å². The van der Waals surface area contributed by atoms with Crippen LogP contribution in [0.4, 0.5) is 5.69 Å². The molecule has 0 aliphatic heterocycles. The summed E-state index contributed by atoms with van der Waals surface area (Å²) in [6.45, 7) is 3.39. The first-order valence-electron chi connectivity index (χ1n) is 4.94. The number of nitro benzene ring substituents is 1. The van der Waals surface area contributed by atoms with E-state index in [4.69, 9.17) is 11.6 Å². The van der Waals surface area contributed by atoms with E-state index in [9.17, 15) is 14.9 Å². The molecule has 1 rings (SSSR count). The normalized spacial score (nSPS) is 12.2. The largest absolute Gasteiger partial charge is 0.299 e. The molecule has 1 unspecified atom stereocenters. The summed E-state index contributed by atoms with van der Waals surface area (Å²) in [5.74, 6) is -0.533. The number of rotatable bonds is 4. The van der Waals surface area contributed by atoms with Crippen LogP contribution >= 0.6 is 11.6 Å². The predicted molar refractivity (Wildman–Crippen MR) is 61.8 cm³/mol. The molecule has 16 heavy (non-hydrogen) atoms. The zero-order valence-electron chi connectivity index (χ0n) is 9.07. The summed E-state index contributed by atoms with van der Waals surface area (Å²) >= 11 is 5.78.